The molecule has 1 aromatic heterocycles. The van der Waals surface area contributed by atoms with Gasteiger partial charge in [0.15, 0.2) is 5.60 Å². The number of amides is 1. The summed E-state index contributed by atoms with van der Waals surface area (Å²) >= 11 is 3.49. The molecule has 4 nitrogen and oxygen atoms in total. The lowest BCUT2D eigenvalue weighted by atomic mass is 9.87. The van der Waals surface area contributed by atoms with E-state index in [4.69, 9.17) is 0 Å². The Morgan fingerprint density at radius 2 is 1.71 bits per heavy atom. The Morgan fingerprint density at radius 1 is 0.964 bits per heavy atom. The summed E-state index contributed by atoms with van der Waals surface area (Å²) < 4.78 is 0.818. The average molecular weight is 433 g/mol. The highest BCUT2D eigenvalue weighted by molar-refractivity contribution is 9.10. The normalized spacial score (nSPS) is 18.6. The van der Waals surface area contributed by atoms with Gasteiger partial charge < -0.3 is 15.0 Å². The van der Waals surface area contributed by atoms with E-state index in [1.54, 1.807) is 11.1 Å². The molecule has 5 heteroatoms. The molecule has 1 amide bonds. The van der Waals surface area contributed by atoms with Gasteiger partial charge in [-0.15, -0.1) is 0 Å². The number of para-hydroxylation sites is 1. The number of nitrogens with one attached hydrogen (secondary N) is 1. The molecule has 0 spiro atoms. The van der Waals surface area contributed by atoms with Crippen LogP contribution in [0.4, 0.5) is 5.69 Å². The minimum Gasteiger partial charge on any atom is -0.372 e. The summed E-state index contributed by atoms with van der Waals surface area (Å²) in [6, 6.07) is 23.1. The van der Waals surface area contributed by atoms with Crippen LogP contribution < -0.4 is 4.90 Å². The van der Waals surface area contributed by atoms with E-state index >= 15 is 0 Å². The third-order valence-corrected chi connectivity index (χ3v) is 5.85. The summed E-state index contributed by atoms with van der Waals surface area (Å²) in [6.07, 6.45) is 1.74. The third-order valence-electron chi connectivity index (χ3n) is 5.36. The number of anilines is 1. The van der Waals surface area contributed by atoms with Crippen LogP contribution in [0.5, 0.6) is 0 Å². The number of carbonyl (C=O) groups is 1. The number of aliphatic hydroxyl groups is 1. The van der Waals surface area contributed by atoms with Crippen molar-refractivity contribution >= 4 is 38.4 Å². The zero-order chi connectivity index (χ0) is 19.3. The molecule has 0 aliphatic carbocycles. The highest BCUT2D eigenvalue weighted by atomic mass is 79.9. The van der Waals surface area contributed by atoms with Crippen LogP contribution in [0, 0.1) is 0 Å². The minimum absolute atomic E-state index is 0.339. The van der Waals surface area contributed by atoms with E-state index in [0.717, 1.165) is 26.6 Å². The van der Waals surface area contributed by atoms with Crippen molar-refractivity contribution in [3.05, 3.63) is 100 Å². The summed E-state index contributed by atoms with van der Waals surface area (Å²) in [6.45, 7) is 0.402. The van der Waals surface area contributed by atoms with Gasteiger partial charge >= 0.3 is 0 Å². The number of nitrogens with zero attached hydrogens (tertiary/aromatic N) is 1. The predicted octanol–water partition coefficient (Wildman–Crippen LogP) is 4.71. The zero-order valence-corrected chi connectivity index (χ0v) is 16.5. The number of aromatic nitrogens is 1. The fourth-order valence-corrected chi connectivity index (χ4v) is 4.37. The number of hydrogen-bond donors (Lipinski definition) is 2. The Bertz CT molecular complexity index is 1200. The number of H-pyrrole nitrogens is 1. The second kappa shape index (κ2) is 6.33. The van der Waals surface area contributed by atoms with Crippen molar-refractivity contribution < 1.29 is 9.90 Å². The second-order valence-corrected chi connectivity index (χ2v) is 7.91. The smallest absolute Gasteiger partial charge is 0.268 e. The van der Waals surface area contributed by atoms with E-state index in [2.05, 4.69) is 20.9 Å². The van der Waals surface area contributed by atoms with Gasteiger partial charge in [-0.3, -0.25) is 4.79 Å². The summed E-state index contributed by atoms with van der Waals surface area (Å²) in [5.74, 6) is -0.339. The standard InChI is InChI=1S/C23H17BrN2O2/c24-16-10-11-21-18(12-16)23(28,19-13-25-20-9-5-4-8-17(19)20)22(27)26(21)14-15-6-2-1-3-7-15/h1-13,25,28H,14H2/t23-/m1/s1. The maximum Gasteiger partial charge on any atom is 0.268 e. The molecular weight excluding hydrogens is 416 g/mol. The Morgan fingerprint density at radius 3 is 2.54 bits per heavy atom. The number of rotatable bonds is 3. The number of carbonyl (C=O) groups excluding carboxylic acids is 1. The van der Waals surface area contributed by atoms with Crippen LogP contribution in [-0.2, 0) is 16.9 Å². The Kier molecular flexibility index (Phi) is 3.89. The highest BCUT2D eigenvalue weighted by Gasteiger charge is 2.52. The maximum absolute atomic E-state index is 13.6. The SMILES string of the molecule is O=C1N(Cc2ccccc2)c2ccc(Br)cc2[C@@]1(O)c1c[nH]c2ccccc12. The van der Waals surface area contributed by atoms with Gasteiger partial charge in [-0.2, -0.15) is 0 Å². The Balaban J connectivity index is 1.71. The molecule has 0 unspecified atom stereocenters. The van der Waals surface area contributed by atoms with E-state index in [1.165, 1.54) is 0 Å². The third kappa shape index (κ3) is 2.44. The molecule has 138 valence electrons. The molecule has 28 heavy (non-hydrogen) atoms. The molecule has 0 saturated heterocycles. The van der Waals surface area contributed by atoms with Crippen molar-refractivity contribution in [1.82, 2.24) is 4.98 Å². The van der Waals surface area contributed by atoms with Gasteiger partial charge in [0, 0.05) is 32.7 Å². The Hall–Kier alpha value is -2.89. The number of benzene rings is 3. The van der Waals surface area contributed by atoms with Crippen molar-refractivity contribution in [2.24, 2.45) is 0 Å². The molecule has 1 atom stereocenters. The second-order valence-electron chi connectivity index (χ2n) is 7.00. The predicted molar refractivity (Wildman–Crippen MR) is 113 cm³/mol. The van der Waals surface area contributed by atoms with Crippen LogP contribution in [0.3, 0.4) is 0 Å². The molecule has 1 aliphatic rings. The van der Waals surface area contributed by atoms with Crippen molar-refractivity contribution in [2.45, 2.75) is 12.1 Å². The van der Waals surface area contributed by atoms with E-state index in [-0.39, 0.29) is 5.91 Å². The first-order chi connectivity index (χ1) is 13.6. The lowest BCUT2D eigenvalue weighted by Gasteiger charge is -2.23. The monoisotopic (exact) mass is 432 g/mol. The molecule has 0 bridgehead atoms. The average Bonchev–Trinajstić information content (AvgIpc) is 3.24. The minimum atomic E-state index is -1.74. The van der Waals surface area contributed by atoms with Gasteiger partial charge in [-0.25, -0.2) is 0 Å². The van der Waals surface area contributed by atoms with Gasteiger partial charge in [0.1, 0.15) is 0 Å². The Labute approximate surface area is 170 Å². The molecular formula is C23H17BrN2O2. The number of aromatic amines is 1. The van der Waals surface area contributed by atoms with Crippen LogP contribution in [0.25, 0.3) is 10.9 Å². The summed E-state index contributed by atoms with van der Waals surface area (Å²) in [4.78, 5) is 18.4. The van der Waals surface area contributed by atoms with Crippen LogP contribution in [0.2, 0.25) is 0 Å². The zero-order valence-electron chi connectivity index (χ0n) is 14.9. The topological polar surface area (TPSA) is 56.3 Å². The molecule has 1 aliphatic heterocycles. The summed E-state index contributed by atoms with van der Waals surface area (Å²) in [5.41, 5.74) is 2.04. The van der Waals surface area contributed by atoms with Crippen LogP contribution >= 0.6 is 15.9 Å². The molecule has 0 fully saturated rings. The van der Waals surface area contributed by atoms with Gasteiger partial charge in [0.25, 0.3) is 5.91 Å². The molecule has 2 N–H and O–H groups in total. The maximum atomic E-state index is 13.6. The largest absolute Gasteiger partial charge is 0.372 e. The quantitative estimate of drug-likeness (QED) is 0.492. The number of halogens is 1. The first-order valence-corrected chi connectivity index (χ1v) is 9.83. The van der Waals surface area contributed by atoms with Crippen molar-refractivity contribution in [3.8, 4) is 0 Å². The first-order valence-electron chi connectivity index (χ1n) is 9.04. The molecule has 5 rings (SSSR count). The number of hydrogen-bond acceptors (Lipinski definition) is 2. The van der Waals surface area contributed by atoms with Crippen LogP contribution in [-0.4, -0.2) is 16.0 Å². The van der Waals surface area contributed by atoms with E-state index in [1.807, 2.05) is 72.8 Å². The van der Waals surface area contributed by atoms with E-state index < -0.39 is 5.60 Å². The molecule has 0 saturated carbocycles. The van der Waals surface area contributed by atoms with Crippen molar-refractivity contribution in [2.75, 3.05) is 4.90 Å². The van der Waals surface area contributed by atoms with Gasteiger partial charge in [0.05, 0.1) is 12.2 Å². The van der Waals surface area contributed by atoms with Gasteiger partial charge in [-0.05, 0) is 29.8 Å². The van der Waals surface area contributed by atoms with Gasteiger partial charge in [-0.1, -0.05) is 64.5 Å². The van der Waals surface area contributed by atoms with Crippen LogP contribution in [0.1, 0.15) is 16.7 Å². The molecule has 4 aromatic rings. The number of fused-ring (bicyclic) bond motifs is 2. The molecule has 2 heterocycles. The summed E-state index contributed by atoms with van der Waals surface area (Å²) in [7, 11) is 0. The highest BCUT2D eigenvalue weighted by Crippen LogP contribution is 2.47. The summed E-state index contributed by atoms with van der Waals surface area (Å²) in [5, 5.41) is 12.6. The fourth-order valence-electron chi connectivity index (χ4n) is 4.01. The first kappa shape index (κ1) is 17.2. The molecule has 0 radical (unpaired) electrons. The van der Waals surface area contributed by atoms with Gasteiger partial charge in [0.2, 0.25) is 0 Å². The lowest BCUT2D eigenvalue weighted by molar-refractivity contribution is -0.132. The van der Waals surface area contributed by atoms with Crippen LogP contribution in [0.15, 0.2) is 83.5 Å². The fraction of sp³-hybridized carbons (Fsp3) is 0.0870. The van der Waals surface area contributed by atoms with E-state index in [9.17, 15) is 9.90 Å². The van der Waals surface area contributed by atoms with Crippen molar-refractivity contribution in [1.29, 1.82) is 0 Å². The lowest BCUT2D eigenvalue weighted by Crippen LogP contribution is -2.40. The van der Waals surface area contributed by atoms with Crippen molar-refractivity contribution in [3.63, 3.8) is 0 Å². The van der Waals surface area contributed by atoms with E-state index in [0.29, 0.717) is 17.7 Å². The molecule has 3 aromatic carbocycles.